The van der Waals surface area contributed by atoms with Crippen LogP contribution in [0.1, 0.15) is 51.1 Å². The number of nitrogens with zero attached hydrogens (tertiary/aromatic N) is 3. The lowest BCUT2D eigenvalue weighted by Gasteiger charge is -2.27. The molecule has 0 fully saturated rings. The third-order valence-electron chi connectivity index (χ3n) is 5.62. The number of hydrazine groups is 1. The van der Waals surface area contributed by atoms with Crippen LogP contribution in [0.3, 0.4) is 0 Å². The van der Waals surface area contributed by atoms with Crippen LogP contribution in [-0.2, 0) is 4.79 Å². The zero-order chi connectivity index (χ0) is 23.3. The summed E-state index contributed by atoms with van der Waals surface area (Å²) < 4.78 is 0. The van der Waals surface area contributed by atoms with E-state index >= 15 is 0 Å². The maximum Gasteiger partial charge on any atom is 0.282 e. The van der Waals surface area contributed by atoms with Crippen LogP contribution in [0.2, 0.25) is 15.1 Å². The van der Waals surface area contributed by atoms with E-state index in [1.54, 1.807) is 12.1 Å². The maximum absolute atomic E-state index is 13.1. The molecule has 0 saturated carbocycles. The molecule has 2 atom stereocenters. The van der Waals surface area contributed by atoms with Crippen molar-refractivity contribution in [1.82, 2.24) is 10.4 Å². The number of hydrazone groups is 1. The average Bonchev–Trinajstić information content (AvgIpc) is 3.09. The van der Waals surface area contributed by atoms with Gasteiger partial charge in [0.2, 0.25) is 0 Å². The predicted octanol–water partition coefficient (Wildman–Crippen LogP) is 6.74. The first-order valence-electron chi connectivity index (χ1n) is 10.9. The number of hydrogen-bond donors (Lipinski definition) is 1. The number of carbonyl (C=O) groups excluding carboxylic acids is 1. The molecule has 0 bridgehead atoms. The van der Waals surface area contributed by atoms with Crippen molar-refractivity contribution in [2.45, 2.75) is 45.6 Å². The standard InChI is InChI=1S/C24H29Cl3N4O/c1-4-5-6-7-14-30(3)29-24(32)22-16(2)23(17-8-10-18(25)11-9-17)31(28-22)21-13-12-19(26)15-20(21)27/h8-13,15-16,23H,4-7,14H2,1-3H3,(H,29,32). The van der Waals surface area contributed by atoms with Crippen LogP contribution >= 0.6 is 34.8 Å². The van der Waals surface area contributed by atoms with Gasteiger partial charge in [-0.3, -0.25) is 15.2 Å². The van der Waals surface area contributed by atoms with Gasteiger partial charge in [-0.1, -0.05) is 80.0 Å². The van der Waals surface area contributed by atoms with Gasteiger partial charge in [-0.25, -0.2) is 5.01 Å². The Bertz CT molecular complexity index is 964. The summed E-state index contributed by atoms with van der Waals surface area (Å²) in [6.07, 6.45) is 4.56. The molecule has 1 aliphatic rings. The molecule has 0 radical (unpaired) electrons. The molecule has 5 nitrogen and oxygen atoms in total. The normalized spacial score (nSPS) is 18.2. The molecule has 32 heavy (non-hydrogen) atoms. The molecular weight excluding hydrogens is 467 g/mol. The summed E-state index contributed by atoms with van der Waals surface area (Å²) in [5.41, 5.74) is 5.11. The van der Waals surface area contributed by atoms with Crippen molar-refractivity contribution in [3.05, 3.63) is 63.1 Å². The first-order valence-corrected chi connectivity index (χ1v) is 12.1. The highest BCUT2D eigenvalue weighted by molar-refractivity contribution is 6.41. The van der Waals surface area contributed by atoms with Gasteiger partial charge in [0.25, 0.3) is 5.91 Å². The van der Waals surface area contributed by atoms with Gasteiger partial charge in [0.1, 0.15) is 5.71 Å². The number of unbranched alkanes of at least 4 members (excludes halogenated alkanes) is 3. The van der Waals surface area contributed by atoms with Gasteiger partial charge in [0.15, 0.2) is 0 Å². The SMILES string of the molecule is CCCCCCN(C)NC(=O)C1=NN(c2ccc(Cl)cc2Cl)C(c2ccc(Cl)cc2)C1C. The van der Waals surface area contributed by atoms with Crippen molar-refractivity contribution in [1.29, 1.82) is 0 Å². The van der Waals surface area contributed by atoms with E-state index in [1.165, 1.54) is 12.8 Å². The van der Waals surface area contributed by atoms with E-state index in [4.69, 9.17) is 39.9 Å². The molecule has 3 rings (SSSR count). The summed E-state index contributed by atoms with van der Waals surface area (Å²) in [4.78, 5) is 13.1. The van der Waals surface area contributed by atoms with Crippen molar-refractivity contribution in [2.24, 2.45) is 11.0 Å². The van der Waals surface area contributed by atoms with Gasteiger partial charge in [0, 0.05) is 29.6 Å². The highest BCUT2D eigenvalue weighted by atomic mass is 35.5. The smallest absolute Gasteiger partial charge is 0.282 e. The minimum absolute atomic E-state index is 0.170. The number of anilines is 1. The Morgan fingerprint density at radius 1 is 1.06 bits per heavy atom. The molecule has 2 aromatic rings. The van der Waals surface area contributed by atoms with Crippen molar-refractivity contribution in [2.75, 3.05) is 18.6 Å². The summed E-state index contributed by atoms with van der Waals surface area (Å²) in [5, 5.41) is 10.0. The zero-order valence-corrected chi connectivity index (χ0v) is 20.9. The second-order valence-electron chi connectivity index (χ2n) is 8.13. The Morgan fingerprint density at radius 3 is 2.41 bits per heavy atom. The quantitative estimate of drug-likeness (QED) is 0.309. The minimum atomic E-state index is -0.207. The fourth-order valence-electron chi connectivity index (χ4n) is 3.91. The number of carbonyl (C=O) groups is 1. The monoisotopic (exact) mass is 494 g/mol. The predicted molar refractivity (Wildman–Crippen MR) is 135 cm³/mol. The van der Waals surface area contributed by atoms with Crippen LogP contribution in [0.5, 0.6) is 0 Å². The molecule has 0 spiro atoms. The largest absolute Gasteiger partial charge is 0.284 e. The molecular formula is C24H29Cl3N4O. The highest BCUT2D eigenvalue weighted by Crippen LogP contribution is 2.42. The van der Waals surface area contributed by atoms with Gasteiger partial charge < -0.3 is 0 Å². The van der Waals surface area contributed by atoms with Gasteiger partial charge in [0.05, 0.1) is 16.8 Å². The molecule has 172 valence electrons. The number of nitrogens with one attached hydrogen (secondary N) is 1. The fraction of sp³-hybridized carbons (Fsp3) is 0.417. The number of rotatable bonds is 9. The molecule has 0 aliphatic carbocycles. The topological polar surface area (TPSA) is 47.9 Å². The number of benzene rings is 2. The van der Waals surface area contributed by atoms with E-state index < -0.39 is 0 Å². The van der Waals surface area contributed by atoms with E-state index in [-0.39, 0.29) is 17.9 Å². The van der Waals surface area contributed by atoms with Crippen molar-refractivity contribution in [3.8, 4) is 0 Å². The molecule has 0 saturated heterocycles. The third-order valence-corrected chi connectivity index (χ3v) is 6.41. The summed E-state index contributed by atoms with van der Waals surface area (Å²) in [5.74, 6) is -0.376. The first kappa shape index (κ1) is 24.8. The van der Waals surface area contributed by atoms with Gasteiger partial charge >= 0.3 is 0 Å². The van der Waals surface area contributed by atoms with Crippen LogP contribution in [0.4, 0.5) is 5.69 Å². The van der Waals surface area contributed by atoms with Gasteiger partial charge in [-0.15, -0.1) is 0 Å². The van der Waals surface area contributed by atoms with Gasteiger partial charge in [-0.05, 0) is 42.3 Å². The van der Waals surface area contributed by atoms with Crippen molar-refractivity contribution in [3.63, 3.8) is 0 Å². The van der Waals surface area contributed by atoms with E-state index in [0.29, 0.717) is 26.5 Å². The fourth-order valence-corrected chi connectivity index (χ4v) is 4.53. The zero-order valence-electron chi connectivity index (χ0n) is 18.6. The first-order chi connectivity index (χ1) is 15.3. The van der Waals surface area contributed by atoms with E-state index in [1.807, 2.05) is 54.3 Å². The Labute approximate surface area is 205 Å². The summed E-state index contributed by atoms with van der Waals surface area (Å²) in [6.45, 7) is 4.98. The molecule has 1 N–H and O–H groups in total. The van der Waals surface area contributed by atoms with Crippen molar-refractivity contribution >= 4 is 52.1 Å². The maximum atomic E-state index is 13.1. The molecule has 8 heteroatoms. The highest BCUT2D eigenvalue weighted by Gasteiger charge is 2.40. The lowest BCUT2D eigenvalue weighted by molar-refractivity contribution is -0.119. The van der Waals surface area contributed by atoms with Crippen LogP contribution in [0.25, 0.3) is 0 Å². The lowest BCUT2D eigenvalue weighted by atomic mass is 9.91. The summed E-state index contributed by atoms with van der Waals surface area (Å²) in [7, 11) is 1.88. The average molecular weight is 496 g/mol. The summed E-state index contributed by atoms with van der Waals surface area (Å²) >= 11 is 18.7. The van der Waals surface area contributed by atoms with E-state index in [0.717, 1.165) is 24.9 Å². The van der Waals surface area contributed by atoms with Crippen LogP contribution in [0, 0.1) is 5.92 Å². The van der Waals surface area contributed by atoms with Crippen LogP contribution < -0.4 is 10.4 Å². The Hall–Kier alpha value is -1.79. The third kappa shape index (κ3) is 5.96. The van der Waals surface area contributed by atoms with Gasteiger partial charge in [-0.2, -0.15) is 5.10 Å². The number of amides is 1. The van der Waals surface area contributed by atoms with E-state index in [9.17, 15) is 4.79 Å². The molecule has 1 aliphatic heterocycles. The molecule has 1 heterocycles. The van der Waals surface area contributed by atoms with Crippen LogP contribution in [-0.4, -0.2) is 30.2 Å². The summed E-state index contributed by atoms with van der Waals surface area (Å²) in [6, 6.07) is 12.7. The Balaban J connectivity index is 1.86. The van der Waals surface area contributed by atoms with Crippen molar-refractivity contribution < 1.29 is 4.79 Å². The minimum Gasteiger partial charge on any atom is -0.284 e. The molecule has 1 amide bonds. The number of hydrogen-bond acceptors (Lipinski definition) is 4. The molecule has 0 aromatic heterocycles. The molecule has 2 aromatic carbocycles. The lowest BCUT2D eigenvalue weighted by Crippen LogP contribution is -2.44. The van der Waals surface area contributed by atoms with Crippen LogP contribution in [0.15, 0.2) is 47.6 Å². The number of halogens is 3. The Morgan fingerprint density at radius 2 is 1.75 bits per heavy atom. The molecule has 2 unspecified atom stereocenters. The Kier molecular flexibility index (Phi) is 8.83. The second kappa shape index (κ2) is 11.4. The van der Waals surface area contributed by atoms with E-state index in [2.05, 4.69) is 12.3 Å². The second-order valence-corrected chi connectivity index (χ2v) is 9.41.